The quantitative estimate of drug-likeness (QED) is 0.849. The largest absolute Gasteiger partial charge is 0.360 e. The van der Waals surface area contributed by atoms with Crippen molar-refractivity contribution in [1.82, 2.24) is 15.0 Å². The molecule has 1 aromatic rings. The molecule has 5 heteroatoms. The molecule has 1 aromatic heterocycles. The van der Waals surface area contributed by atoms with Gasteiger partial charge in [0.1, 0.15) is 11.3 Å². The molecule has 3 heterocycles. The molecular formula is C19H31N3O2. The van der Waals surface area contributed by atoms with Gasteiger partial charge in [0.25, 0.3) is 5.91 Å². The van der Waals surface area contributed by atoms with E-state index in [0.29, 0.717) is 6.04 Å². The summed E-state index contributed by atoms with van der Waals surface area (Å²) in [5, 5.41) is 4.09. The number of hydrogen-bond donors (Lipinski definition) is 0. The Balaban J connectivity index is 1.60. The van der Waals surface area contributed by atoms with Gasteiger partial charge in [-0.1, -0.05) is 25.9 Å². The summed E-state index contributed by atoms with van der Waals surface area (Å²) in [4.78, 5) is 17.6. The lowest BCUT2D eigenvalue weighted by atomic mass is 9.94. The smallest absolute Gasteiger partial charge is 0.259 e. The second-order valence-electron chi connectivity index (χ2n) is 7.38. The first-order valence-corrected chi connectivity index (χ1v) is 9.64. The number of likely N-dealkylation sites (tertiary alicyclic amines) is 2. The highest BCUT2D eigenvalue weighted by atomic mass is 16.5. The number of rotatable bonds is 4. The number of piperidine rings is 2. The average Bonchev–Trinajstić information content (AvgIpc) is 3.05. The number of carbonyl (C=O) groups is 1. The van der Waals surface area contributed by atoms with Gasteiger partial charge in [-0.25, -0.2) is 0 Å². The van der Waals surface area contributed by atoms with E-state index in [-0.39, 0.29) is 5.91 Å². The fourth-order valence-electron chi connectivity index (χ4n) is 4.07. The van der Waals surface area contributed by atoms with Crippen LogP contribution in [0.5, 0.6) is 0 Å². The van der Waals surface area contributed by atoms with Gasteiger partial charge in [0.15, 0.2) is 0 Å². The molecule has 0 N–H and O–H groups in total. The molecule has 3 rings (SSSR count). The molecule has 5 nitrogen and oxygen atoms in total. The van der Waals surface area contributed by atoms with Gasteiger partial charge in [0, 0.05) is 25.6 Å². The Morgan fingerprint density at radius 2 is 1.75 bits per heavy atom. The van der Waals surface area contributed by atoms with E-state index in [1.54, 1.807) is 0 Å². The van der Waals surface area contributed by atoms with Gasteiger partial charge < -0.3 is 14.3 Å². The van der Waals surface area contributed by atoms with Crippen LogP contribution in [0.25, 0.3) is 0 Å². The van der Waals surface area contributed by atoms with Crippen LogP contribution in [-0.2, 0) is 12.8 Å². The lowest BCUT2D eigenvalue weighted by Crippen LogP contribution is -2.49. The predicted molar refractivity (Wildman–Crippen MR) is 94.2 cm³/mol. The molecule has 2 saturated heterocycles. The lowest BCUT2D eigenvalue weighted by molar-refractivity contribution is 0.0557. The van der Waals surface area contributed by atoms with Crippen LogP contribution in [0.4, 0.5) is 0 Å². The minimum atomic E-state index is 0.121. The van der Waals surface area contributed by atoms with Crippen molar-refractivity contribution in [2.45, 2.75) is 65.3 Å². The van der Waals surface area contributed by atoms with Crippen molar-refractivity contribution in [1.29, 1.82) is 0 Å². The zero-order valence-corrected chi connectivity index (χ0v) is 15.4. The lowest BCUT2D eigenvalue weighted by Gasteiger charge is -2.41. The second kappa shape index (κ2) is 7.68. The third-order valence-electron chi connectivity index (χ3n) is 5.79. The summed E-state index contributed by atoms with van der Waals surface area (Å²) < 4.78 is 5.37. The molecule has 0 aliphatic carbocycles. The van der Waals surface area contributed by atoms with E-state index in [0.717, 1.165) is 61.7 Å². The standard InChI is InChI=1S/C19H31N3O2/c1-4-16-18(17(5-2)24-20-16)19(23)22-12-8-15(9-13-22)21-10-6-14(3)7-11-21/h14-15H,4-13H2,1-3H3. The normalized spacial score (nSPS) is 21.4. The van der Waals surface area contributed by atoms with E-state index in [4.69, 9.17) is 4.52 Å². The minimum absolute atomic E-state index is 0.121. The molecular weight excluding hydrogens is 302 g/mol. The predicted octanol–water partition coefficient (Wildman–Crippen LogP) is 3.14. The highest BCUT2D eigenvalue weighted by Crippen LogP contribution is 2.25. The van der Waals surface area contributed by atoms with Crippen LogP contribution in [0.15, 0.2) is 4.52 Å². The summed E-state index contributed by atoms with van der Waals surface area (Å²) in [5.74, 6) is 1.73. The maximum atomic E-state index is 13.0. The summed E-state index contributed by atoms with van der Waals surface area (Å²) >= 11 is 0. The number of nitrogens with zero attached hydrogens (tertiary/aromatic N) is 3. The fourth-order valence-corrected chi connectivity index (χ4v) is 4.07. The Hall–Kier alpha value is -1.36. The Morgan fingerprint density at radius 1 is 1.08 bits per heavy atom. The van der Waals surface area contributed by atoms with Crippen LogP contribution in [0.1, 0.15) is 68.3 Å². The van der Waals surface area contributed by atoms with E-state index in [1.165, 1.54) is 25.9 Å². The summed E-state index contributed by atoms with van der Waals surface area (Å²) in [6.45, 7) is 10.6. The molecule has 0 aromatic carbocycles. The topological polar surface area (TPSA) is 49.6 Å². The maximum Gasteiger partial charge on any atom is 0.259 e. The Bertz CT molecular complexity index is 531. The van der Waals surface area contributed by atoms with Gasteiger partial charge in [0.2, 0.25) is 0 Å². The Morgan fingerprint density at radius 3 is 2.33 bits per heavy atom. The maximum absolute atomic E-state index is 13.0. The number of amides is 1. The van der Waals surface area contributed by atoms with Gasteiger partial charge >= 0.3 is 0 Å². The van der Waals surface area contributed by atoms with E-state index in [9.17, 15) is 4.79 Å². The third kappa shape index (κ3) is 3.51. The molecule has 0 bridgehead atoms. The van der Waals surface area contributed by atoms with Crippen LogP contribution in [0.3, 0.4) is 0 Å². The molecule has 2 fully saturated rings. The number of hydrogen-bond acceptors (Lipinski definition) is 4. The molecule has 0 saturated carbocycles. The first kappa shape index (κ1) is 17.5. The van der Waals surface area contributed by atoms with Crippen molar-refractivity contribution < 1.29 is 9.32 Å². The van der Waals surface area contributed by atoms with Gasteiger partial charge in [-0.3, -0.25) is 4.79 Å². The molecule has 1 amide bonds. The first-order chi connectivity index (χ1) is 11.6. The Labute approximate surface area is 145 Å². The molecule has 2 aliphatic heterocycles. The zero-order chi connectivity index (χ0) is 17.1. The number of carbonyl (C=O) groups excluding carboxylic acids is 1. The monoisotopic (exact) mass is 333 g/mol. The van der Waals surface area contributed by atoms with Crippen LogP contribution in [-0.4, -0.2) is 53.1 Å². The van der Waals surface area contributed by atoms with Gasteiger partial charge in [0.05, 0.1) is 5.69 Å². The molecule has 24 heavy (non-hydrogen) atoms. The molecule has 0 spiro atoms. The van der Waals surface area contributed by atoms with Gasteiger partial charge in [-0.05, 0) is 51.1 Å². The highest BCUT2D eigenvalue weighted by molar-refractivity contribution is 5.96. The fraction of sp³-hybridized carbons (Fsp3) is 0.789. The number of aromatic nitrogens is 1. The van der Waals surface area contributed by atoms with Gasteiger partial charge in [-0.2, -0.15) is 0 Å². The Kier molecular flexibility index (Phi) is 5.59. The van der Waals surface area contributed by atoms with Crippen molar-refractivity contribution in [2.24, 2.45) is 5.92 Å². The van der Waals surface area contributed by atoms with Crippen molar-refractivity contribution in [3.05, 3.63) is 17.0 Å². The van der Waals surface area contributed by atoms with Crippen LogP contribution < -0.4 is 0 Å². The van der Waals surface area contributed by atoms with Crippen molar-refractivity contribution >= 4 is 5.91 Å². The SMILES string of the molecule is CCc1noc(CC)c1C(=O)N1CCC(N2CCC(C)CC2)CC1. The third-order valence-corrected chi connectivity index (χ3v) is 5.79. The van der Waals surface area contributed by atoms with Crippen LogP contribution >= 0.6 is 0 Å². The minimum Gasteiger partial charge on any atom is -0.360 e. The highest BCUT2D eigenvalue weighted by Gasteiger charge is 2.31. The molecule has 134 valence electrons. The summed E-state index contributed by atoms with van der Waals surface area (Å²) in [7, 11) is 0. The van der Waals surface area contributed by atoms with Gasteiger partial charge in [-0.15, -0.1) is 0 Å². The first-order valence-electron chi connectivity index (χ1n) is 9.64. The van der Waals surface area contributed by atoms with E-state index in [2.05, 4.69) is 17.0 Å². The second-order valence-corrected chi connectivity index (χ2v) is 7.38. The average molecular weight is 333 g/mol. The zero-order valence-electron chi connectivity index (χ0n) is 15.4. The van der Waals surface area contributed by atoms with E-state index >= 15 is 0 Å². The summed E-state index contributed by atoms with van der Waals surface area (Å²) in [6, 6.07) is 0.653. The molecule has 0 atom stereocenters. The van der Waals surface area contributed by atoms with Crippen molar-refractivity contribution in [2.75, 3.05) is 26.2 Å². The van der Waals surface area contributed by atoms with Crippen LogP contribution in [0, 0.1) is 5.92 Å². The van der Waals surface area contributed by atoms with E-state index < -0.39 is 0 Å². The molecule has 0 radical (unpaired) electrons. The summed E-state index contributed by atoms with van der Waals surface area (Å²) in [6.07, 6.45) is 6.28. The summed E-state index contributed by atoms with van der Waals surface area (Å²) in [5.41, 5.74) is 1.54. The van der Waals surface area contributed by atoms with Crippen molar-refractivity contribution in [3.63, 3.8) is 0 Å². The molecule has 0 unspecified atom stereocenters. The van der Waals surface area contributed by atoms with Crippen LogP contribution in [0.2, 0.25) is 0 Å². The number of aryl methyl sites for hydroxylation is 2. The molecule has 2 aliphatic rings. The van der Waals surface area contributed by atoms with E-state index in [1.807, 2.05) is 18.7 Å². The van der Waals surface area contributed by atoms with Crippen molar-refractivity contribution in [3.8, 4) is 0 Å².